The zero-order valence-electron chi connectivity index (χ0n) is 10.9. The Balaban J connectivity index is 1.59. The van der Waals surface area contributed by atoms with Crippen molar-refractivity contribution in [3.63, 3.8) is 0 Å². The van der Waals surface area contributed by atoms with Gasteiger partial charge in [0.25, 0.3) is 0 Å². The van der Waals surface area contributed by atoms with E-state index < -0.39 is 5.97 Å². The first-order valence-electron chi connectivity index (χ1n) is 7.17. The quantitative estimate of drug-likeness (QED) is 0.713. The Morgan fingerprint density at radius 1 is 1.00 bits per heavy atom. The molecule has 0 unspecified atom stereocenters. The standard InChI is InChI=1S/C14H23NO3/c16-13(15-9-1-2-10-3-4-10)11-5-7-12(8-6-11)14(17)18/h10-12H,1-9H2,(H,15,16)(H,17,18). The van der Waals surface area contributed by atoms with Crippen LogP contribution in [0.5, 0.6) is 0 Å². The fourth-order valence-electron chi connectivity index (χ4n) is 2.76. The van der Waals surface area contributed by atoms with Gasteiger partial charge in [-0.2, -0.15) is 0 Å². The molecule has 4 heteroatoms. The molecule has 0 saturated heterocycles. The van der Waals surface area contributed by atoms with Crippen LogP contribution in [0.2, 0.25) is 0 Å². The first-order chi connectivity index (χ1) is 8.66. The number of nitrogens with one attached hydrogen (secondary N) is 1. The highest BCUT2D eigenvalue weighted by atomic mass is 16.4. The highest BCUT2D eigenvalue weighted by Gasteiger charge is 2.29. The second-order valence-corrected chi connectivity index (χ2v) is 5.76. The monoisotopic (exact) mass is 253 g/mol. The van der Waals surface area contributed by atoms with Crippen molar-refractivity contribution in [3.05, 3.63) is 0 Å². The largest absolute Gasteiger partial charge is 0.481 e. The molecule has 0 bridgehead atoms. The number of carboxylic acid groups (broad SMARTS) is 1. The van der Waals surface area contributed by atoms with Crippen molar-refractivity contribution in [2.24, 2.45) is 17.8 Å². The molecule has 4 nitrogen and oxygen atoms in total. The third kappa shape index (κ3) is 4.00. The van der Waals surface area contributed by atoms with E-state index in [4.69, 9.17) is 5.11 Å². The van der Waals surface area contributed by atoms with E-state index in [0.717, 1.165) is 31.7 Å². The average Bonchev–Trinajstić information content (AvgIpc) is 3.18. The van der Waals surface area contributed by atoms with Crippen molar-refractivity contribution < 1.29 is 14.7 Å². The third-order valence-corrected chi connectivity index (χ3v) is 4.23. The molecule has 102 valence electrons. The summed E-state index contributed by atoms with van der Waals surface area (Å²) in [4.78, 5) is 22.7. The van der Waals surface area contributed by atoms with Crippen LogP contribution in [0.3, 0.4) is 0 Å². The Kier molecular flexibility index (Phi) is 4.61. The van der Waals surface area contributed by atoms with Crippen LogP contribution in [-0.4, -0.2) is 23.5 Å². The van der Waals surface area contributed by atoms with E-state index in [0.29, 0.717) is 12.8 Å². The van der Waals surface area contributed by atoms with Crippen LogP contribution in [-0.2, 0) is 9.59 Å². The highest BCUT2D eigenvalue weighted by Crippen LogP contribution is 2.33. The molecule has 0 spiro atoms. The molecule has 0 radical (unpaired) electrons. The smallest absolute Gasteiger partial charge is 0.306 e. The molecule has 2 aliphatic rings. The summed E-state index contributed by atoms with van der Waals surface area (Å²) in [6, 6.07) is 0. The lowest BCUT2D eigenvalue weighted by Crippen LogP contribution is -2.34. The second kappa shape index (κ2) is 6.21. The molecule has 0 atom stereocenters. The van der Waals surface area contributed by atoms with Crippen LogP contribution in [0, 0.1) is 17.8 Å². The van der Waals surface area contributed by atoms with Gasteiger partial charge in [0.2, 0.25) is 5.91 Å². The first-order valence-corrected chi connectivity index (χ1v) is 7.17. The lowest BCUT2D eigenvalue weighted by molar-refractivity contribution is -0.144. The normalized spacial score (nSPS) is 27.8. The van der Waals surface area contributed by atoms with E-state index in [9.17, 15) is 9.59 Å². The molecule has 0 aromatic heterocycles. The molecule has 2 saturated carbocycles. The zero-order chi connectivity index (χ0) is 13.0. The Morgan fingerprint density at radius 3 is 2.17 bits per heavy atom. The predicted molar refractivity (Wildman–Crippen MR) is 68.1 cm³/mol. The first kappa shape index (κ1) is 13.4. The van der Waals surface area contributed by atoms with Gasteiger partial charge in [0.15, 0.2) is 0 Å². The highest BCUT2D eigenvalue weighted by molar-refractivity contribution is 5.79. The number of carbonyl (C=O) groups is 2. The summed E-state index contributed by atoms with van der Waals surface area (Å²) in [7, 11) is 0. The Labute approximate surface area is 108 Å². The van der Waals surface area contributed by atoms with Gasteiger partial charge in [-0.25, -0.2) is 0 Å². The van der Waals surface area contributed by atoms with Gasteiger partial charge in [-0.05, 0) is 44.4 Å². The Morgan fingerprint density at radius 2 is 1.61 bits per heavy atom. The van der Waals surface area contributed by atoms with Crippen LogP contribution >= 0.6 is 0 Å². The van der Waals surface area contributed by atoms with Gasteiger partial charge >= 0.3 is 5.97 Å². The number of carboxylic acids is 1. The minimum absolute atomic E-state index is 0.0431. The van der Waals surface area contributed by atoms with Crippen LogP contribution < -0.4 is 5.32 Å². The van der Waals surface area contributed by atoms with E-state index in [-0.39, 0.29) is 17.7 Å². The summed E-state index contributed by atoms with van der Waals surface area (Å²) in [6.45, 7) is 0.786. The number of hydrogen-bond donors (Lipinski definition) is 2. The number of amides is 1. The van der Waals surface area contributed by atoms with E-state index in [1.807, 2.05) is 0 Å². The molecule has 0 aliphatic heterocycles. The number of aliphatic carboxylic acids is 1. The topological polar surface area (TPSA) is 66.4 Å². The van der Waals surface area contributed by atoms with E-state index >= 15 is 0 Å². The fourth-order valence-corrected chi connectivity index (χ4v) is 2.76. The van der Waals surface area contributed by atoms with Crippen LogP contribution in [0.25, 0.3) is 0 Å². The molecule has 0 heterocycles. The SMILES string of the molecule is O=C(O)C1CCC(C(=O)NCCCC2CC2)CC1. The molecule has 0 aromatic carbocycles. The van der Waals surface area contributed by atoms with Gasteiger partial charge in [-0.3, -0.25) is 9.59 Å². The molecule has 1 amide bonds. The van der Waals surface area contributed by atoms with Crippen LogP contribution in [0.1, 0.15) is 51.4 Å². The van der Waals surface area contributed by atoms with Gasteiger partial charge in [-0.1, -0.05) is 12.8 Å². The van der Waals surface area contributed by atoms with Crippen LogP contribution in [0.4, 0.5) is 0 Å². The van der Waals surface area contributed by atoms with Crippen LogP contribution in [0.15, 0.2) is 0 Å². The second-order valence-electron chi connectivity index (χ2n) is 5.76. The summed E-state index contributed by atoms with van der Waals surface area (Å²) >= 11 is 0. The molecule has 2 N–H and O–H groups in total. The average molecular weight is 253 g/mol. The van der Waals surface area contributed by atoms with Gasteiger partial charge in [0.05, 0.1) is 5.92 Å². The lowest BCUT2D eigenvalue weighted by Gasteiger charge is -2.25. The fraction of sp³-hybridized carbons (Fsp3) is 0.857. The van der Waals surface area contributed by atoms with Gasteiger partial charge < -0.3 is 10.4 Å². The van der Waals surface area contributed by atoms with Gasteiger partial charge in [-0.15, -0.1) is 0 Å². The molecule has 18 heavy (non-hydrogen) atoms. The van der Waals surface area contributed by atoms with E-state index in [2.05, 4.69) is 5.32 Å². The summed E-state index contributed by atoms with van der Waals surface area (Å²) in [5.41, 5.74) is 0. The number of hydrogen-bond acceptors (Lipinski definition) is 2. The number of carbonyl (C=O) groups excluding carboxylic acids is 1. The molecule has 2 aliphatic carbocycles. The predicted octanol–water partition coefficient (Wildman–Crippen LogP) is 2.18. The molecular formula is C14H23NO3. The molecule has 2 fully saturated rings. The van der Waals surface area contributed by atoms with Crippen molar-refractivity contribution in [1.82, 2.24) is 5.32 Å². The maximum atomic E-state index is 11.9. The molecule has 0 aromatic rings. The Hall–Kier alpha value is -1.06. The maximum Gasteiger partial charge on any atom is 0.306 e. The minimum atomic E-state index is -0.710. The van der Waals surface area contributed by atoms with Gasteiger partial charge in [0.1, 0.15) is 0 Å². The van der Waals surface area contributed by atoms with E-state index in [1.165, 1.54) is 19.3 Å². The van der Waals surface area contributed by atoms with Crippen molar-refractivity contribution in [2.75, 3.05) is 6.54 Å². The zero-order valence-corrected chi connectivity index (χ0v) is 10.9. The molecule has 2 rings (SSSR count). The third-order valence-electron chi connectivity index (χ3n) is 4.23. The summed E-state index contributed by atoms with van der Waals surface area (Å²) < 4.78 is 0. The summed E-state index contributed by atoms with van der Waals surface area (Å²) in [5.74, 6) is 0.159. The summed E-state index contributed by atoms with van der Waals surface area (Å²) in [5, 5.41) is 11.9. The minimum Gasteiger partial charge on any atom is -0.481 e. The number of rotatable bonds is 6. The van der Waals surface area contributed by atoms with Crippen molar-refractivity contribution in [1.29, 1.82) is 0 Å². The Bertz CT molecular complexity index is 304. The van der Waals surface area contributed by atoms with Crippen molar-refractivity contribution in [3.8, 4) is 0 Å². The maximum absolute atomic E-state index is 11.9. The van der Waals surface area contributed by atoms with Gasteiger partial charge in [0, 0.05) is 12.5 Å². The van der Waals surface area contributed by atoms with E-state index in [1.54, 1.807) is 0 Å². The van der Waals surface area contributed by atoms with Crippen molar-refractivity contribution >= 4 is 11.9 Å². The molecular weight excluding hydrogens is 230 g/mol. The van der Waals surface area contributed by atoms with Crippen molar-refractivity contribution in [2.45, 2.75) is 51.4 Å². The lowest BCUT2D eigenvalue weighted by atomic mass is 9.81. The summed E-state index contributed by atoms with van der Waals surface area (Å²) in [6.07, 6.45) is 7.81.